The minimum absolute atomic E-state index is 0.707. The Bertz CT molecular complexity index is 1480. The zero-order chi connectivity index (χ0) is 33.9. The van der Waals surface area contributed by atoms with Crippen LogP contribution in [-0.4, -0.2) is 119 Å². The van der Waals surface area contributed by atoms with Crippen LogP contribution in [0.3, 0.4) is 0 Å². The van der Waals surface area contributed by atoms with Crippen molar-refractivity contribution in [3.05, 3.63) is 44.9 Å². The van der Waals surface area contributed by atoms with E-state index in [2.05, 4.69) is 14.2 Å². The van der Waals surface area contributed by atoms with Crippen LogP contribution in [0.1, 0.15) is 20.1 Å². The van der Waals surface area contributed by atoms with Crippen LogP contribution in [0.5, 0.6) is 0 Å². The third kappa shape index (κ3) is 9.14. The lowest BCUT2D eigenvalue weighted by atomic mass is 9.96. The summed E-state index contributed by atoms with van der Waals surface area (Å²) in [7, 11) is -11.4. The van der Waals surface area contributed by atoms with Gasteiger partial charge in [-0.05, 0) is 13.0 Å². The summed E-state index contributed by atoms with van der Waals surface area (Å²) in [5.74, 6) is -3.20. The fourth-order valence-corrected chi connectivity index (χ4v) is 6.44. The van der Waals surface area contributed by atoms with Crippen molar-refractivity contribution in [1.82, 2.24) is 14.9 Å². The van der Waals surface area contributed by atoms with E-state index in [9.17, 15) is 63.6 Å². The number of phosphoric acid groups is 2. The molecule has 2 aliphatic rings. The average molecular weight is 691 g/mol. The Labute approximate surface area is 251 Å². The van der Waals surface area contributed by atoms with E-state index in [0.717, 1.165) is 25.3 Å². The van der Waals surface area contributed by atoms with Crippen molar-refractivity contribution in [2.75, 3.05) is 13.2 Å². The smallest absolute Gasteiger partial charge is 0.478 e. The number of hydrogen-bond acceptors (Lipinski definition) is 16. The van der Waals surface area contributed by atoms with Crippen LogP contribution in [-0.2, 0) is 46.3 Å². The number of allylic oxidation sites excluding steroid dienone is 1. The summed E-state index contributed by atoms with van der Waals surface area (Å²) in [5.41, 5.74) is -1.79. The summed E-state index contributed by atoms with van der Waals surface area (Å²) < 4.78 is 55.4. The van der Waals surface area contributed by atoms with Crippen LogP contribution in [0.15, 0.2) is 33.7 Å². The van der Waals surface area contributed by atoms with Gasteiger partial charge in [0.15, 0.2) is 18.6 Å². The number of rotatable bonds is 13. The molecule has 0 aromatic carbocycles. The number of carbonyl (C=O) groups excluding carboxylic acids is 1. The van der Waals surface area contributed by atoms with E-state index in [-0.39, 0.29) is 0 Å². The van der Waals surface area contributed by atoms with Gasteiger partial charge in [0.1, 0.15) is 36.6 Å². The quantitative estimate of drug-likeness (QED) is 0.0547. The summed E-state index contributed by atoms with van der Waals surface area (Å²) in [4.78, 5) is 68.8. The van der Waals surface area contributed by atoms with Crippen molar-refractivity contribution in [3.63, 3.8) is 0 Å². The highest BCUT2D eigenvalue weighted by Gasteiger charge is 2.52. The molecule has 45 heavy (non-hydrogen) atoms. The number of aromatic nitrogens is 2. The Balaban J connectivity index is 1.74. The molecule has 0 saturated carbocycles. The summed E-state index contributed by atoms with van der Waals surface area (Å²) in [6.07, 6.45) is -12.4. The van der Waals surface area contributed by atoms with Crippen molar-refractivity contribution in [2.45, 2.75) is 69.0 Å². The van der Waals surface area contributed by atoms with E-state index in [0.29, 0.717) is 4.57 Å². The molecule has 0 aliphatic carbocycles. The predicted molar refractivity (Wildman–Crippen MR) is 141 cm³/mol. The number of nitrogens with one attached hydrogen (secondary N) is 2. The maximum atomic E-state index is 12.8. The lowest BCUT2D eigenvalue weighted by molar-refractivity contribution is -0.251. The number of hydrogen-bond donors (Lipinski definition) is 9. The van der Waals surface area contributed by atoms with Gasteiger partial charge in [0.2, 0.25) is 11.7 Å². The Morgan fingerprint density at radius 1 is 1.09 bits per heavy atom. The minimum Gasteiger partial charge on any atom is -0.478 e. The standard InChI is InChI=1S/C21H31N3O19P2/c1-3-9(19(31)32)39-17-13(22-8(2)26)20(41-10(6-25)15(17)29)42-45(36,37)43-44(34,35)38-7-11-14(28)16(30)18(40-11)24-5-4-12(27)23-21(24)33/h3-5,10-11,13-18,20,25,28-30H,6-7H2,1-2H3,(H,22,26)(H,31,32)(H,34,35)(H,36,37)(H,23,27,33)/b9-3+/t10-,11-,13-,14-,15-,16-,17-,18-,20-/m1/s1. The van der Waals surface area contributed by atoms with Crippen molar-refractivity contribution >= 4 is 27.5 Å². The molecule has 254 valence electrons. The van der Waals surface area contributed by atoms with Gasteiger partial charge in [0.25, 0.3) is 5.56 Å². The first-order chi connectivity index (χ1) is 20.9. The monoisotopic (exact) mass is 691 g/mol. The van der Waals surface area contributed by atoms with Crippen LogP contribution < -0.4 is 16.6 Å². The summed E-state index contributed by atoms with van der Waals surface area (Å²) in [6, 6.07) is -0.868. The Morgan fingerprint density at radius 3 is 2.31 bits per heavy atom. The number of carboxylic acid groups (broad SMARTS) is 1. The third-order valence-corrected chi connectivity index (χ3v) is 8.87. The fourth-order valence-electron chi connectivity index (χ4n) is 4.27. The normalized spacial score (nSPS) is 33.2. The van der Waals surface area contributed by atoms with E-state index in [1.807, 2.05) is 4.98 Å². The average Bonchev–Trinajstić information content (AvgIpc) is 3.20. The van der Waals surface area contributed by atoms with Crippen LogP contribution in [0, 0.1) is 0 Å². The number of amides is 1. The first-order valence-corrected chi connectivity index (χ1v) is 15.7. The van der Waals surface area contributed by atoms with Crippen LogP contribution in [0.4, 0.5) is 0 Å². The van der Waals surface area contributed by atoms with Crippen LogP contribution in [0.25, 0.3) is 0 Å². The number of aliphatic carboxylic acids is 1. The maximum absolute atomic E-state index is 12.8. The second-order valence-corrected chi connectivity index (χ2v) is 12.5. The second kappa shape index (κ2) is 14.7. The summed E-state index contributed by atoms with van der Waals surface area (Å²) >= 11 is 0. The Hall–Kier alpha value is -2.82. The fraction of sp³-hybridized carbons (Fsp3) is 0.619. The maximum Gasteiger partial charge on any atom is 0.483 e. The van der Waals surface area contributed by atoms with E-state index < -0.39 is 113 Å². The molecule has 2 aliphatic heterocycles. The summed E-state index contributed by atoms with van der Waals surface area (Å²) in [6.45, 7) is 0.164. The molecule has 2 saturated heterocycles. The molecule has 0 bridgehead atoms. The van der Waals surface area contributed by atoms with Gasteiger partial charge in [-0.3, -0.25) is 28.2 Å². The lowest BCUT2D eigenvalue weighted by Gasteiger charge is -2.44. The number of aromatic amines is 1. The van der Waals surface area contributed by atoms with Crippen molar-refractivity contribution in [3.8, 4) is 0 Å². The van der Waals surface area contributed by atoms with E-state index in [4.69, 9.17) is 18.7 Å². The molecule has 11 atom stereocenters. The van der Waals surface area contributed by atoms with Gasteiger partial charge < -0.3 is 54.8 Å². The highest BCUT2D eigenvalue weighted by atomic mass is 31.3. The number of carboxylic acids is 1. The molecule has 3 heterocycles. The van der Waals surface area contributed by atoms with Gasteiger partial charge >= 0.3 is 27.3 Å². The van der Waals surface area contributed by atoms with Crippen LogP contribution in [0.2, 0.25) is 0 Å². The van der Waals surface area contributed by atoms with Crippen LogP contribution >= 0.6 is 15.6 Å². The highest BCUT2D eigenvalue weighted by Crippen LogP contribution is 2.61. The Morgan fingerprint density at radius 2 is 1.76 bits per heavy atom. The molecule has 22 nitrogen and oxygen atoms in total. The third-order valence-electron chi connectivity index (χ3n) is 6.27. The largest absolute Gasteiger partial charge is 0.483 e. The second-order valence-electron chi connectivity index (χ2n) is 9.47. The van der Waals surface area contributed by atoms with Gasteiger partial charge in [0, 0.05) is 19.2 Å². The number of carbonyl (C=O) groups is 2. The number of ether oxygens (including phenoxy) is 3. The van der Waals surface area contributed by atoms with Crippen molar-refractivity contribution < 1.29 is 81.6 Å². The zero-order valence-electron chi connectivity index (χ0n) is 23.2. The molecule has 2 fully saturated rings. The van der Waals surface area contributed by atoms with Gasteiger partial charge in [-0.25, -0.2) is 18.7 Å². The molecule has 3 rings (SSSR count). The van der Waals surface area contributed by atoms with Gasteiger partial charge in [-0.2, -0.15) is 4.31 Å². The number of aliphatic hydroxyl groups is 4. The first kappa shape index (κ1) is 36.6. The van der Waals surface area contributed by atoms with E-state index >= 15 is 0 Å². The number of phosphoric ester groups is 2. The molecule has 24 heteroatoms. The first-order valence-electron chi connectivity index (χ1n) is 12.7. The van der Waals surface area contributed by atoms with E-state index in [1.54, 1.807) is 0 Å². The summed E-state index contributed by atoms with van der Waals surface area (Å²) in [5, 5.41) is 52.2. The van der Waals surface area contributed by atoms with E-state index in [1.165, 1.54) is 6.92 Å². The molecule has 9 N–H and O–H groups in total. The molecule has 1 aromatic heterocycles. The number of aliphatic hydroxyl groups excluding tert-OH is 4. The zero-order valence-corrected chi connectivity index (χ0v) is 25.0. The topological polar surface area (TPSA) is 332 Å². The predicted octanol–water partition coefficient (Wildman–Crippen LogP) is -3.64. The minimum atomic E-state index is -5.76. The molecular weight excluding hydrogens is 660 g/mol. The van der Waals surface area contributed by atoms with Gasteiger partial charge in [0.05, 0.1) is 13.2 Å². The molecule has 1 aromatic rings. The molecule has 0 spiro atoms. The number of H-pyrrole nitrogens is 1. The SMILES string of the molecule is C/C=C(/O[C@H]1[C@H](O)[C@@H](CO)O[C@H](OP(=O)(O)OP(=O)(O)OC[C@H]2O[C@@H](n3ccc(=O)[nH]c3=O)[C@H](O)[C@@H]2O)[C@@H]1NC(C)=O)C(=O)O. The highest BCUT2D eigenvalue weighted by molar-refractivity contribution is 7.61. The molecule has 1 amide bonds. The number of nitrogens with zero attached hydrogens (tertiary/aromatic N) is 1. The van der Waals surface area contributed by atoms with Crippen molar-refractivity contribution in [2.24, 2.45) is 0 Å². The molecule has 2 unspecified atom stereocenters. The molecular formula is C21H31N3O19P2. The van der Waals surface area contributed by atoms with Gasteiger partial charge in [-0.1, -0.05) is 0 Å². The molecule has 0 radical (unpaired) electrons. The Kier molecular flexibility index (Phi) is 12.0. The van der Waals surface area contributed by atoms with Crippen molar-refractivity contribution in [1.29, 1.82) is 0 Å². The lowest BCUT2D eigenvalue weighted by Crippen LogP contribution is -2.65. The van der Waals surface area contributed by atoms with Gasteiger partial charge in [-0.15, -0.1) is 0 Å².